The molecule has 0 amide bonds. The van der Waals surface area contributed by atoms with Gasteiger partial charge in [0.1, 0.15) is 31.0 Å². The molecule has 0 atom stereocenters. The van der Waals surface area contributed by atoms with Crippen LogP contribution in [-0.2, 0) is 22.6 Å². The number of fused-ring (bicyclic) bond motifs is 5. The molecule has 0 saturated heterocycles. The lowest BCUT2D eigenvalue weighted by Gasteiger charge is -2.10. The van der Waals surface area contributed by atoms with E-state index in [9.17, 15) is 0 Å². The van der Waals surface area contributed by atoms with Gasteiger partial charge in [0.2, 0.25) is 5.90 Å². The second-order valence-corrected chi connectivity index (χ2v) is 6.29. The summed E-state index contributed by atoms with van der Waals surface area (Å²) in [6.07, 6.45) is 1.80. The third kappa shape index (κ3) is 2.42. The number of aromatic nitrogens is 5. The van der Waals surface area contributed by atoms with E-state index in [4.69, 9.17) is 14.2 Å². The van der Waals surface area contributed by atoms with Crippen molar-refractivity contribution in [3.8, 4) is 22.8 Å². The maximum Gasteiger partial charge on any atom is 0.237 e. The molecule has 0 unspecified atom stereocenters. The number of aliphatic imine (C=N–C) groups is 1. The largest absolute Gasteiger partial charge is 0.497 e. The molecule has 0 saturated carbocycles. The molecule has 1 aromatic carbocycles. The van der Waals surface area contributed by atoms with Gasteiger partial charge in [0.15, 0.2) is 11.6 Å². The minimum Gasteiger partial charge on any atom is -0.497 e. The smallest absolute Gasteiger partial charge is 0.237 e. The fourth-order valence-electron chi connectivity index (χ4n) is 3.51. The number of benzene rings is 1. The van der Waals surface area contributed by atoms with E-state index in [1.165, 1.54) is 0 Å². The van der Waals surface area contributed by atoms with E-state index in [0.717, 1.165) is 40.0 Å². The Morgan fingerprint density at radius 3 is 2.93 bits per heavy atom. The summed E-state index contributed by atoms with van der Waals surface area (Å²) in [6.45, 7) is 2.15. The first kappa shape index (κ1) is 16.0. The molecule has 2 aliphatic rings. The van der Waals surface area contributed by atoms with Crippen LogP contribution in [0.3, 0.4) is 0 Å². The number of rotatable bonds is 4. The highest BCUT2D eigenvalue weighted by molar-refractivity contribution is 5.94. The highest BCUT2D eigenvalue weighted by atomic mass is 16.5. The first-order valence-corrected chi connectivity index (χ1v) is 8.63. The molecule has 27 heavy (non-hydrogen) atoms. The van der Waals surface area contributed by atoms with Gasteiger partial charge in [-0.3, -0.25) is 4.57 Å². The number of hydrogen-bond donors (Lipinski definition) is 0. The number of ether oxygens (including phenoxy) is 3. The van der Waals surface area contributed by atoms with Crippen molar-refractivity contribution in [3.05, 3.63) is 41.7 Å². The molecule has 0 N–H and O–H groups in total. The third-order valence-corrected chi connectivity index (χ3v) is 4.77. The summed E-state index contributed by atoms with van der Waals surface area (Å²) in [7, 11) is 3.29. The highest BCUT2D eigenvalue weighted by Gasteiger charge is 2.28. The van der Waals surface area contributed by atoms with E-state index in [1.54, 1.807) is 20.5 Å². The minimum absolute atomic E-state index is 0.368. The van der Waals surface area contributed by atoms with Gasteiger partial charge in [-0.1, -0.05) is 0 Å². The Bertz CT molecular complexity index is 1050. The summed E-state index contributed by atoms with van der Waals surface area (Å²) in [4.78, 5) is 9.02. The lowest BCUT2D eigenvalue weighted by Crippen LogP contribution is -2.12. The average molecular weight is 366 g/mol. The van der Waals surface area contributed by atoms with Crippen LogP contribution in [0.4, 0.5) is 0 Å². The molecule has 0 fully saturated rings. The molecule has 0 radical (unpaired) electrons. The highest BCUT2D eigenvalue weighted by Crippen LogP contribution is 2.35. The number of hydrogen-bond acceptors (Lipinski definition) is 7. The van der Waals surface area contributed by atoms with Crippen molar-refractivity contribution in [3.63, 3.8) is 0 Å². The van der Waals surface area contributed by atoms with Crippen LogP contribution in [0.5, 0.6) is 5.75 Å². The van der Waals surface area contributed by atoms with Crippen LogP contribution < -0.4 is 4.74 Å². The zero-order valence-electron chi connectivity index (χ0n) is 15.0. The predicted octanol–water partition coefficient (Wildman–Crippen LogP) is 1.42. The standard InChI is InChI=1S/C18H18N6O3/c1-25-9-15-21-22-17-12-7-11(26-2)3-4-13(12)24-10-20-16(14(24)8-23(15)17)18-19-5-6-27-18/h3-4,7,10H,5-6,8-9H2,1-2H3. The first-order valence-electron chi connectivity index (χ1n) is 8.63. The van der Waals surface area contributed by atoms with Crippen molar-refractivity contribution < 1.29 is 14.2 Å². The van der Waals surface area contributed by atoms with Gasteiger partial charge in [-0.05, 0) is 18.2 Å². The maximum absolute atomic E-state index is 5.66. The van der Waals surface area contributed by atoms with Crippen LogP contribution in [0.15, 0.2) is 29.5 Å². The number of nitrogens with zero attached hydrogens (tertiary/aromatic N) is 6. The third-order valence-electron chi connectivity index (χ3n) is 4.77. The predicted molar refractivity (Wildman–Crippen MR) is 96.3 cm³/mol. The van der Waals surface area contributed by atoms with Gasteiger partial charge >= 0.3 is 0 Å². The molecule has 0 aliphatic carbocycles. The lowest BCUT2D eigenvalue weighted by atomic mass is 10.1. The average Bonchev–Trinajstić information content (AvgIpc) is 3.41. The van der Waals surface area contributed by atoms with Gasteiger partial charge in [0.25, 0.3) is 0 Å². The Hall–Kier alpha value is -3.20. The molecular weight excluding hydrogens is 348 g/mol. The zero-order chi connectivity index (χ0) is 18.4. The normalized spacial score (nSPS) is 14.7. The van der Waals surface area contributed by atoms with Gasteiger partial charge in [-0.2, -0.15) is 0 Å². The molecule has 3 aromatic rings. The molecule has 9 heteroatoms. The van der Waals surface area contributed by atoms with Crippen LogP contribution in [0.2, 0.25) is 0 Å². The number of imidazole rings is 1. The van der Waals surface area contributed by atoms with Crippen molar-refractivity contribution in [1.29, 1.82) is 0 Å². The SMILES string of the molecule is COCc1nnc2n1Cc1c(C3=NCCO3)ncn1-c1ccc(OC)cc1-2. The van der Waals surface area contributed by atoms with Crippen molar-refractivity contribution >= 4 is 5.90 Å². The van der Waals surface area contributed by atoms with Gasteiger partial charge in [0, 0.05) is 12.7 Å². The molecule has 2 aliphatic heterocycles. The molecule has 5 rings (SSSR count). The Labute approximate surface area is 155 Å². The summed E-state index contributed by atoms with van der Waals surface area (Å²) in [6, 6.07) is 5.89. The molecule has 9 nitrogen and oxygen atoms in total. The first-order chi connectivity index (χ1) is 13.3. The summed E-state index contributed by atoms with van der Waals surface area (Å²) >= 11 is 0. The number of methoxy groups -OCH3 is 2. The van der Waals surface area contributed by atoms with E-state index >= 15 is 0 Å². The van der Waals surface area contributed by atoms with Crippen LogP contribution in [0.1, 0.15) is 17.2 Å². The molecule has 0 spiro atoms. The fraction of sp³-hybridized carbons (Fsp3) is 0.333. The molecule has 2 aromatic heterocycles. The Kier molecular flexibility index (Phi) is 3.68. The summed E-state index contributed by atoms with van der Waals surface area (Å²) in [5, 5.41) is 8.75. The monoisotopic (exact) mass is 366 g/mol. The van der Waals surface area contributed by atoms with E-state index in [-0.39, 0.29) is 0 Å². The van der Waals surface area contributed by atoms with Gasteiger partial charge < -0.3 is 18.8 Å². The van der Waals surface area contributed by atoms with Gasteiger partial charge in [-0.25, -0.2) is 9.98 Å². The summed E-state index contributed by atoms with van der Waals surface area (Å²) < 4.78 is 20.5. The summed E-state index contributed by atoms with van der Waals surface area (Å²) in [5.41, 5.74) is 3.59. The van der Waals surface area contributed by atoms with Crippen molar-refractivity contribution in [2.45, 2.75) is 13.2 Å². The Morgan fingerprint density at radius 1 is 1.22 bits per heavy atom. The molecule has 138 valence electrons. The topological polar surface area (TPSA) is 88.6 Å². The maximum atomic E-state index is 5.66. The molecule has 0 bridgehead atoms. The van der Waals surface area contributed by atoms with Crippen LogP contribution in [0, 0.1) is 0 Å². The van der Waals surface area contributed by atoms with E-state index in [1.807, 2.05) is 22.8 Å². The van der Waals surface area contributed by atoms with Crippen LogP contribution in [-0.4, -0.2) is 57.6 Å². The molecule has 4 heterocycles. The lowest BCUT2D eigenvalue weighted by molar-refractivity contribution is 0.174. The van der Waals surface area contributed by atoms with Crippen molar-refractivity contribution in [2.75, 3.05) is 27.4 Å². The second kappa shape index (κ2) is 6.20. The fourth-order valence-corrected chi connectivity index (χ4v) is 3.51. The van der Waals surface area contributed by atoms with E-state index < -0.39 is 0 Å². The van der Waals surface area contributed by atoms with Crippen molar-refractivity contribution in [2.24, 2.45) is 4.99 Å². The quantitative estimate of drug-likeness (QED) is 0.543. The molecular formula is C18H18N6O3. The van der Waals surface area contributed by atoms with Crippen LogP contribution in [0.25, 0.3) is 17.1 Å². The van der Waals surface area contributed by atoms with Crippen LogP contribution >= 0.6 is 0 Å². The van der Waals surface area contributed by atoms with E-state index in [2.05, 4.69) is 24.7 Å². The van der Waals surface area contributed by atoms with Gasteiger partial charge in [-0.15, -0.1) is 10.2 Å². The summed E-state index contributed by atoms with van der Waals surface area (Å²) in [5.74, 6) is 2.85. The Balaban J connectivity index is 1.77. The van der Waals surface area contributed by atoms with Gasteiger partial charge in [0.05, 0.1) is 31.6 Å². The minimum atomic E-state index is 0.368. The Morgan fingerprint density at radius 2 is 2.15 bits per heavy atom. The van der Waals surface area contributed by atoms with E-state index in [0.29, 0.717) is 32.2 Å². The zero-order valence-corrected chi connectivity index (χ0v) is 15.0. The van der Waals surface area contributed by atoms with Crippen molar-refractivity contribution in [1.82, 2.24) is 24.3 Å². The second-order valence-electron chi connectivity index (χ2n) is 6.29.